The quantitative estimate of drug-likeness (QED) is 0.322. The molecule has 9 nitrogen and oxygen atoms in total. The molecule has 2 aromatic carbocycles. The number of hydrogen-bond acceptors (Lipinski definition) is 6. The second-order valence-electron chi connectivity index (χ2n) is 9.72. The van der Waals surface area contributed by atoms with E-state index in [0.717, 1.165) is 0 Å². The SMILES string of the molecule is [B]c1cc(COc2cccc3c2CN(C2CCC(=O)NC2=O)C3=O)c([B])c([B])c1C([B])([B])N1CCOCC1=O. The lowest BCUT2D eigenvalue weighted by atomic mass is 9.51. The molecule has 2 fully saturated rings. The van der Waals surface area contributed by atoms with Crippen molar-refractivity contribution >= 4 is 79.2 Å². The lowest BCUT2D eigenvalue weighted by Crippen LogP contribution is -2.60. The van der Waals surface area contributed by atoms with Crippen LogP contribution in [-0.4, -0.2) is 98.5 Å². The van der Waals surface area contributed by atoms with E-state index >= 15 is 0 Å². The van der Waals surface area contributed by atoms with Gasteiger partial charge in [0.15, 0.2) is 0 Å². The van der Waals surface area contributed by atoms with Crippen LogP contribution >= 0.6 is 0 Å². The van der Waals surface area contributed by atoms with Crippen molar-refractivity contribution in [3.63, 3.8) is 0 Å². The monoisotopic (exact) mass is 513 g/mol. The molecule has 39 heavy (non-hydrogen) atoms. The van der Waals surface area contributed by atoms with Crippen LogP contribution in [0.15, 0.2) is 24.3 Å². The smallest absolute Gasteiger partial charge is 0.255 e. The maximum absolute atomic E-state index is 13.1. The highest BCUT2D eigenvalue weighted by molar-refractivity contribution is 6.54. The van der Waals surface area contributed by atoms with E-state index in [4.69, 9.17) is 48.7 Å². The first-order chi connectivity index (χ1) is 18.5. The topological polar surface area (TPSA) is 105 Å². The summed E-state index contributed by atoms with van der Waals surface area (Å²) in [6.07, 6.45) is 0.409. The third-order valence-corrected chi connectivity index (χ3v) is 7.28. The summed E-state index contributed by atoms with van der Waals surface area (Å²) < 4.78 is 11.2. The van der Waals surface area contributed by atoms with Crippen LogP contribution in [0.5, 0.6) is 5.75 Å². The molecule has 10 radical (unpaired) electrons. The largest absolute Gasteiger partial charge is 0.489 e. The highest BCUT2D eigenvalue weighted by atomic mass is 16.5. The predicted molar refractivity (Wildman–Crippen MR) is 145 cm³/mol. The van der Waals surface area contributed by atoms with Crippen molar-refractivity contribution in [2.24, 2.45) is 0 Å². The fraction of sp³-hybridized carbons (Fsp3) is 0.360. The highest BCUT2D eigenvalue weighted by Crippen LogP contribution is 2.34. The summed E-state index contributed by atoms with van der Waals surface area (Å²) in [5, 5.41) is 0.467. The molecule has 5 rings (SSSR count). The molecule has 0 saturated carbocycles. The van der Waals surface area contributed by atoms with Gasteiger partial charge in [-0.3, -0.25) is 24.5 Å². The van der Waals surface area contributed by atoms with Gasteiger partial charge in [0.05, 0.1) is 28.8 Å². The summed E-state index contributed by atoms with van der Waals surface area (Å²) in [6, 6.07) is 5.82. The van der Waals surface area contributed by atoms with E-state index in [1.54, 1.807) is 18.2 Å². The Morgan fingerprint density at radius 3 is 2.59 bits per heavy atom. The van der Waals surface area contributed by atoms with Crippen LogP contribution < -0.4 is 26.4 Å². The predicted octanol–water partition coefficient (Wildman–Crippen LogP) is -3.29. The number of nitrogens with one attached hydrogen (secondary N) is 1. The molecule has 1 N–H and O–H groups in total. The normalized spacial score (nSPS) is 19.7. The van der Waals surface area contributed by atoms with Crippen LogP contribution in [0.1, 0.15) is 39.9 Å². The molecule has 0 bridgehead atoms. The lowest BCUT2D eigenvalue weighted by molar-refractivity contribution is -0.145. The maximum atomic E-state index is 13.1. The van der Waals surface area contributed by atoms with Gasteiger partial charge >= 0.3 is 0 Å². The molecule has 1 atom stereocenters. The number of nitrogens with zero attached hydrogens (tertiary/aromatic N) is 2. The lowest BCUT2D eigenvalue weighted by Gasteiger charge is -2.45. The fourth-order valence-electron chi connectivity index (χ4n) is 5.26. The summed E-state index contributed by atoms with van der Waals surface area (Å²) in [7, 11) is 31.6. The van der Waals surface area contributed by atoms with Crippen LogP contribution in [0.4, 0.5) is 0 Å². The highest BCUT2D eigenvalue weighted by Gasteiger charge is 2.40. The third kappa shape index (κ3) is 4.79. The molecular weight excluding hydrogens is 492 g/mol. The van der Waals surface area contributed by atoms with Crippen molar-refractivity contribution in [1.82, 2.24) is 15.1 Å². The summed E-state index contributed by atoms with van der Waals surface area (Å²) in [4.78, 5) is 52.0. The zero-order valence-electron chi connectivity index (χ0n) is 21.1. The molecule has 4 amide bonds. The average molecular weight is 513 g/mol. The number of benzene rings is 2. The number of hydrogen-bond donors (Lipinski definition) is 1. The number of morpholine rings is 1. The molecular formula is C25H20B5N3O6. The van der Waals surface area contributed by atoms with Crippen molar-refractivity contribution in [1.29, 1.82) is 0 Å². The number of carbonyl (C=O) groups is 4. The first kappa shape index (κ1) is 27.2. The average Bonchev–Trinajstić information content (AvgIpc) is 3.22. The molecule has 0 spiro atoms. The summed E-state index contributed by atoms with van der Waals surface area (Å²) >= 11 is 0. The molecule has 2 saturated heterocycles. The number of piperidine rings is 1. The van der Waals surface area contributed by atoms with Gasteiger partial charge in [-0.2, -0.15) is 0 Å². The van der Waals surface area contributed by atoms with E-state index in [0.29, 0.717) is 22.4 Å². The molecule has 3 aliphatic heterocycles. The standard InChI is InChI=1S/C25H20B5N3O6/c26-15-8-12(21(27)22(28)20(15)25(29,30)33-6-7-38-11-19(33)35)10-39-17-3-1-2-13-14(17)9-32(24(13)37)16-4-5-18(34)31-23(16)36/h1-3,8,16H,4-7,9-11H2,(H,31,34,36). The Kier molecular flexibility index (Phi) is 7.18. The van der Waals surface area contributed by atoms with Gasteiger partial charge in [0.25, 0.3) is 5.91 Å². The zero-order chi connectivity index (χ0) is 28.1. The van der Waals surface area contributed by atoms with E-state index in [1.165, 1.54) is 15.9 Å². The minimum Gasteiger partial charge on any atom is -0.489 e. The van der Waals surface area contributed by atoms with Crippen LogP contribution in [0.2, 0.25) is 0 Å². The van der Waals surface area contributed by atoms with Gasteiger partial charge in [0.2, 0.25) is 17.7 Å². The number of amides is 4. The Hall–Kier alpha value is -3.40. The minimum atomic E-state index is -1.82. The molecule has 1 unspecified atom stereocenters. The van der Waals surface area contributed by atoms with Crippen LogP contribution in [-0.2, 0) is 37.6 Å². The first-order valence-electron chi connectivity index (χ1n) is 12.3. The molecule has 3 heterocycles. The van der Waals surface area contributed by atoms with E-state index in [1.807, 2.05) is 0 Å². The Labute approximate surface area is 232 Å². The molecule has 186 valence electrons. The van der Waals surface area contributed by atoms with E-state index in [2.05, 4.69) is 5.32 Å². The number of fused-ring (bicyclic) bond motifs is 1. The Morgan fingerprint density at radius 1 is 1.10 bits per heavy atom. The van der Waals surface area contributed by atoms with Crippen LogP contribution in [0.3, 0.4) is 0 Å². The molecule has 2 aromatic rings. The number of rotatable bonds is 6. The number of ether oxygens (including phenoxy) is 2. The zero-order valence-corrected chi connectivity index (χ0v) is 21.1. The van der Waals surface area contributed by atoms with E-state index in [9.17, 15) is 19.2 Å². The minimum absolute atomic E-state index is 0.0235. The maximum Gasteiger partial charge on any atom is 0.255 e. The van der Waals surface area contributed by atoms with Gasteiger partial charge in [-0.15, -0.1) is 0 Å². The second kappa shape index (κ2) is 10.3. The van der Waals surface area contributed by atoms with Gasteiger partial charge < -0.3 is 19.3 Å². The molecule has 3 aliphatic rings. The number of carbonyl (C=O) groups excluding carboxylic acids is 4. The molecule has 0 aliphatic carbocycles. The first-order valence-corrected chi connectivity index (χ1v) is 12.3. The van der Waals surface area contributed by atoms with Crippen molar-refractivity contribution in [2.75, 3.05) is 19.8 Å². The molecule has 0 aromatic heterocycles. The van der Waals surface area contributed by atoms with Gasteiger partial charge in [-0.1, -0.05) is 34.1 Å². The fourth-order valence-corrected chi connectivity index (χ4v) is 5.26. The molecule has 14 heteroatoms. The van der Waals surface area contributed by atoms with Crippen LogP contribution in [0, 0.1) is 0 Å². The Morgan fingerprint density at radius 2 is 1.87 bits per heavy atom. The summed E-state index contributed by atoms with van der Waals surface area (Å²) in [5.41, 5.74) is 1.86. The van der Waals surface area contributed by atoms with Crippen molar-refractivity contribution in [2.45, 2.75) is 37.4 Å². The third-order valence-electron chi connectivity index (χ3n) is 7.28. The summed E-state index contributed by atoms with van der Waals surface area (Å²) in [5.74, 6) is -1.16. The van der Waals surface area contributed by atoms with Gasteiger partial charge in [0, 0.05) is 24.1 Å². The van der Waals surface area contributed by atoms with Gasteiger partial charge in [-0.05, 0) is 29.5 Å². The second-order valence-corrected chi connectivity index (χ2v) is 9.72. The van der Waals surface area contributed by atoms with Crippen molar-refractivity contribution in [3.05, 3.63) is 46.5 Å². The Bertz CT molecular complexity index is 1400. The number of imide groups is 1. The van der Waals surface area contributed by atoms with Crippen molar-refractivity contribution in [3.8, 4) is 5.75 Å². The van der Waals surface area contributed by atoms with E-state index in [-0.39, 0.29) is 79.5 Å². The Balaban J connectivity index is 1.37. The van der Waals surface area contributed by atoms with Crippen molar-refractivity contribution < 1.29 is 28.7 Å². The van der Waals surface area contributed by atoms with E-state index < -0.39 is 23.2 Å². The van der Waals surface area contributed by atoms with Gasteiger partial charge in [-0.25, -0.2) is 0 Å². The van der Waals surface area contributed by atoms with Crippen LogP contribution in [0.25, 0.3) is 0 Å². The summed E-state index contributed by atoms with van der Waals surface area (Å²) in [6.45, 7) is 0.341. The van der Waals surface area contributed by atoms with Gasteiger partial charge in [0.1, 0.15) is 48.5 Å².